The number of aliphatic hydroxyl groups is 1. The number of nitrogens with zero attached hydrogens (tertiary/aromatic N) is 2. The maximum atomic E-state index is 13.8. The van der Waals surface area contributed by atoms with Crippen LogP contribution < -0.4 is 5.32 Å². The van der Waals surface area contributed by atoms with E-state index in [9.17, 15) is 18.7 Å². The number of halogens is 2. The first-order valence-corrected chi connectivity index (χ1v) is 8.13. The van der Waals surface area contributed by atoms with Gasteiger partial charge in [0.25, 0.3) is 5.91 Å². The number of carbonyl (C=O) groups is 1. The molecule has 134 valence electrons. The van der Waals surface area contributed by atoms with Gasteiger partial charge in [-0.2, -0.15) is 0 Å². The molecule has 1 unspecified atom stereocenters. The Bertz CT molecular complexity index is 583. The molecule has 1 saturated heterocycles. The van der Waals surface area contributed by atoms with Crippen LogP contribution in [0.25, 0.3) is 0 Å². The van der Waals surface area contributed by atoms with Crippen LogP contribution in [0.5, 0.6) is 0 Å². The molecule has 1 aromatic rings. The average molecular weight is 341 g/mol. The molecule has 1 atom stereocenters. The van der Waals surface area contributed by atoms with E-state index in [4.69, 9.17) is 0 Å². The molecule has 1 aromatic carbocycles. The third-order valence-electron chi connectivity index (χ3n) is 4.25. The van der Waals surface area contributed by atoms with Crippen LogP contribution in [0.4, 0.5) is 8.78 Å². The van der Waals surface area contributed by atoms with Crippen molar-refractivity contribution >= 4 is 5.91 Å². The van der Waals surface area contributed by atoms with Crippen molar-refractivity contribution in [3.05, 3.63) is 35.4 Å². The fraction of sp³-hybridized carbons (Fsp3) is 0.588. The first-order valence-electron chi connectivity index (χ1n) is 8.13. The Labute approximate surface area is 141 Å². The molecule has 0 bridgehead atoms. The fourth-order valence-corrected chi connectivity index (χ4v) is 2.85. The molecule has 7 heteroatoms. The molecule has 1 aliphatic rings. The van der Waals surface area contributed by atoms with Gasteiger partial charge in [-0.1, -0.05) is 12.1 Å². The van der Waals surface area contributed by atoms with Crippen LogP contribution in [0.2, 0.25) is 0 Å². The van der Waals surface area contributed by atoms with E-state index in [0.717, 1.165) is 12.6 Å². The zero-order valence-corrected chi connectivity index (χ0v) is 14.2. The lowest BCUT2D eigenvalue weighted by atomic mass is 9.91. The zero-order chi connectivity index (χ0) is 17.7. The van der Waals surface area contributed by atoms with E-state index < -0.39 is 23.1 Å². The molecule has 2 N–H and O–H groups in total. The molecular formula is C17H25F2N3O2. The summed E-state index contributed by atoms with van der Waals surface area (Å²) in [6.45, 7) is 1.99. The molecule has 1 fully saturated rings. The number of nitrogens with one attached hydrogen (secondary N) is 1. The first-order chi connectivity index (χ1) is 11.3. The number of hydrogen-bond acceptors (Lipinski definition) is 4. The van der Waals surface area contributed by atoms with Crippen molar-refractivity contribution in [1.29, 1.82) is 0 Å². The normalized spacial score (nSPS) is 21.6. The number of carbonyl (C=O) groups excluding carboxylic acids is 1. The smallest absolute Gasteiger partial charge is 0.256 e. The van der Waals surface area contributed by atoms with Gasteiger partial charge in [0.1, 0.15) is 0 Å². The number of likely N-dealkylation sites (tertiary alicyclic amines) is 1. The largest absolute Gasteiger partial charge is 0.379 e. The van der Waals surface area contributed by atoms with E-state index >= 15 is 0 Å². The molecule has 5 nitrogen and oxygen atoms in total. The lowest BCUT2D eigenvalue weighted by Gasteiger charge is -2.38. The molecule has 1 aliphatic heterocycles. The van der Waals surface area contributed by atoms with Crippen LogP contribution in [-0.2, 0) is 11.3 Å². The zero-order valence-electron chi connectivity index (χ0n) is 14.2. The molecule has 0 saturated carbocycles. The molecule has 0 aliphatic carbocycles. The highest BCUT2D eigenvalue weighted by Gasteiger charge is 2.41. The summed E-state index contributed by atoms with van der Waals surface area (Å²) < 4.78 is 27.1. The standard InChI is InChI=1S/C17H25F2N3O2/c1-21(2)10-8-20-12-17(24)7-4-9-22(16(17)23)11-13-5-3-6-14(18)15(13)19/h3,5-6,20,24H,4,7-12H2,1-2H3. The molecule has 24 heavy (non-hydrogen) atoms. The minimum Gasteiger partial charge on any atom is -0.379 e. The highest BCUT2D eigenvalue weighted by atomic mass is 19.2. The van der Waals surface area contributed by atoms with Gasteiger partial charge in [0.05, 0.1) is 0 Å². The summed E-state index contributed by atoms with van der Waals surface area (Å²) in [6, 6.07) is 3.91. The maximum Gasteiger partial charge on any atom is 0.256 e. The molecule has 0 spiro atoms. The Hall–Kier alpha value is -1.57. The van der Waals surface area contributed by atoms with Crippen LogP contribution in [0.15, 0.2) is 18.2 Å². The molecular weight excluding hydrogens is 316 g/mol. The van der Waals surface area contributed by atoms with E-state index in [0.29, 0.717) is 25.9 Å². The number of benzene rings is 1. The minimum absolute atomic E-state index is 0.0393. The second-order valence-corrected chi connectivity index (χ2v) is 6.55. The summed E-state index contributed by atoms with van der Waals surface area (Å²) in [6.07, 6.45) is 0.984. The summed E-state index contributed by atoms with van der Waals surface area (Å²) in [4.78, 5) is 16.0. The SMILES string of the molecule is CN(C)CCNCC1(O)CCCN(Cc2cccc(F)c2F)C1=O. The lowest BCUT2D eigenvalue weighted by Crippen LogP contribution is -2.58. The van der Waals surface area contributed by atoms with E-state index in [2.05, 4.69) is 5.32 Å². The molecule has 0 radical (unpaired) electrons. The van der Waals surface area contributed by atoms with Crippen LogP contribution in [0.1, 0.15) is 18.4 Å². The van der Waals surface area contributed by atoms with Gasteiger partial charge >= 0.3 is 0 Å². The van der Waals surface area contributed by atoms with Crippen molar-refractivity contribution in [2.24, 2.45) is 0 Å². The van der Waals surface area contributed by atoms with Gasteiger partial charge in [-0.15, -0.1) is 0 Å². The molecule has 0 aromatic heterocycles. The molecule has 2 rings (SSSR count). The quantitative estimate of drug-likeness (QED) is 0.726. The third-order valence-corrected chi connectivity index (χ3v) is 4.25. The predicted molar refractivity (Wildman–Crippen MR) is 87.4 cm³/mol. The fourth-order valence-electron chi connectivity index (χ4n) is 2.85. The third kappa shape index (κ3) is 4.49. The Balaban J connectivity index is 1.99. The summed E-state index contributed by atoms with van der Waals surface area (Å²) >= 11 is 0. The van der Waals surface area contributed by atoms with Gasteiger partial charge in [0.15, 0.2) is 17.2 Å². The van der Waals surface area contributed by atoms with Crippen LogP contribution in [0, 0.1) is 11.6 Å². The predicted octanol–water partition coefficient (Wildman–Crippen LogP) is 0.970. The summed E-state index contributed by atoms with van der Waals surface area (Å²) in [5.41, 5.74) is -1.37. The maximum absolute atomic E-state index is 13.8. The number of amides is 1. The van der Waals surface area contributed by atoms with Crippen LogP contribution >= 0.6 is 0 Å². The average Bonchev–Trinajstić information content (AvgIpc) is 2.53. The molecule has 1 amide bonds. The first kappa shape index (κ1) is 18.8. The van der Waals surface area contributed by atoms with E-state index in [1.54, 1.807) is 0 Å². The van der Waals surface area contributed by atoms with Gasteiger partial charge in [0, 0.05) is 38.3 Å². The van der Waals surface area contributed by atoms with Gasteiger partial charge in [-0.25, -0.2) is 8.78 Å². The van der Waals surface area contributed by atoms with Gasteiger partial charge in [0.2, 0.25) is 0 Å². The summed E-state index contributed by atoms with van der Waals surface area (Å²) in [7, 11) is 3.88. The lowest BCUT2D eigenvalue weighted by molar-refractivity contribution is -0.157. The van der Waals surface area contributed by atoms with Crippen LogP contribution in [-0.4, -0.2) is 66.7 Å². The number of piperidine rings is 1. The monoisotopic (exact) mass is 341 g/mol. The Morgan fingerprint density at radius 1 is 1.38 bits per heavy atom. The van der Waals surface area contributed by atoms with Gasteiger partial charge in [-0.05, 0) is 33.0 Å². The van der Waals surface area contributed by atoms with Crippen molar-refractivity contribution < 1.29 is 18.7 Å². The Kier molecular flexibility index (Phi) is 6.26. The van der Waals surface area contributed by atoms with Crippen molar-refractivity contribution in [2.75, 3.05) is 40.3 Å². The Morgan fingerprint density at radius 3 is 2.83 bits per heavy atom. The molecule has 1 heterocycles. The highest BCUT2D eigenvalue weighted by molar-refractivity contribution is 5.86. The number of rotatable bonds is 7. The Morgan fingerprint density at radius 2 is 2.12 bits per heavy atom. The van der Waals surface area contributed by atoms with Gasteiger partial charge in [-0.3, -0.25) is 4.79 Å². The summed E-state index contributed by atoms with van der Waals surface area (Å²) in [5.74, 6) is -2.31. The number of hydrogen-bond donors (Lipinski definition) is 2. The van der Waals surface area contributed by atoms with Crippen molar-refractivity contribution in [3.63, 3.8) is 0 Å². The summed E-state index contributed by atoms with van der Waals surface area (Å²) in [5, 5.41) is 13.7. The minimum atomic E-state index is -1.49. The second-order valence-electron chi connectivity index (χ2n) is 6.55. The van der Waals surface area contributed by atoms with Crippen LogP contribution in [0.3, 0.4) is 0 Å². The highest BCUT2D eigenvalue weighted by Crippen LogP contribution is 2.24. The van der Waals surface area contributed by atoms with Crippen molar-refractivity contribution in [2.45, 2.75) is 25.0 Å². The van der Waals surface area contributed by atoms with E-state index in [1.807, 2.05) is 19.0 Å². The second kappa shape index (κ2) is 8.00. The van der Waals surface area contributed by atoms with Gasteiger partial charge < -0.3 is 20.2 Å². The topological polar surface area (TPSA) is 55.8 Å². The van der Waals surface area contributed by atoms with E-state index in [-0.39, 0.29) is 18.7 Å². The van der Waals surface area contributed by atoms with Crippen molar-refractivity contribution in [1.82, 2.24) is 15.1 Å². The van der Waals surface area contributed by atoms with Crippen molar-refractivity contribution in [3.8, 4) is 0 Å². The number of likely N-dealkylation sites (N-methyl/N-ethyl adjacent to an activating group) is 1. The van der Waals surface area contributed by atoms with E-state index in [1.165, 1.54) is 17.0 Å².